The van der Waals surface area contributed by atoms with Gasteiger partial charge in [0.1, 0.15) is 5.52 Å². The SMILES string of the molecule is CC(C)c1ccc2oc(-c3ccc(NC(=S)NC(=O)c4cc([N+](=O)[O-])ccc4N4CCOCC4)cc3)nc2c1. The van der Waals surface area contributed by atoms with E-state index >= 15 is 0 Å². The molecule has 4 aromatic rings. The lowest BCUT2D eigenvalue weighted by molar-refractivity contribution is -0.384. The minimum Gasteiger partial charge on any atom is -0.436 e. The van der Waals surface area contributed by atoms with Gasteiger partial charge in [0.25, 0.3) is 11.6 Å². The molecular weight excluding hydrogens is 518 g/mol. The molecule has 200 valence electrons. The number of hydrogen-bond donors (Lipinski definition) is 2. The third-order valence-corrected chi connectivity index (χ3v) is 6.69. The van der Waals surface area contributed by atoms with Gasteiger partial charge in [0, 0.05) is 36.5 Å². The Hall–Kier alpha value is -4.35. The summed E-state index contributed by atoms with van der Waals surface area (Å²) in [4.78, 5) is 30.5. The molecule has 11 heteroatoms. The van der Waals surface area contributed by atoms with Crippen molar-refractivity contribution in [3.8, 4) is 11.5 Å². The third-order valence-electron chi connectivity index (χ3n) is 6.48. The van der Waals surface area contributed by atoms with Gasteiger partial charge >= 0.3 is 0 Å². The van der Waals surface area contributed by atoms with Crippen LogP contribution in [-0.2, 0) is 4.74 Å². The number of oxazole rings is 1. The molecule has 1 aliphatic rings. The number of amides is 1. The van der Waals surface area contributed by atoms with E-state index in [0.717, 1.165) is 16.7 Å². The molecular formula is C28H27N5O5S. The number of thiocarbonyl (C=S) groups is 1. The lowest BCUT2D eigenvalue weighted by Gasteiger charge is -2.30. The van der Waals surface area contributed by atoms with Gasteiger partial charge in [-0.3, -0.25) is 20.2 Å². The third kappa shape index (κ3) is 5.89. The van der Waals surface area contributed by atoms with Crippen LogP contribution in [0.1, 0.15) is 35.7 Å². The Labute approximate surface area is 230 Å². The average molecular weight is 546 g/mol. The van der Waals surface area contributed by atoms with Crippen molar-refractivity contribution in [3.05, 3.63) is 81.9 Å². The zero-order valence-corrected chi connectivity index (χ0v) is 22.3. The molecule has 0 unspecified atom stereocenters. The van der Waals surface area contributed by atoms with Crippen molar-refractivity contribution in [3.63, 3.8) is 0 Å². The van der Waals surface area contributed by atoms with Crippen LogP contribution in [0.15, 0.2) is 65.1 Å². The lowest BCUT2D eigenvalue weighted by atomic mass is 10.0. The second kappa shape index (κ2) is 11.2. The minimum absolute atomic E-state index is 0.0651. The Bertz CT molecular complexity index is 1540. The molecule has 0 radical (unpaired) electrons. The monoisotopic (exact) mass is 545 g/mol. The molecule has 0 aliphatic carbocycles. The standard InChI is InChI=1S/C28H27N5O5S/c1-17(2)19-5-10-25-23(15-19)30-27(38-25)18-3-6-20(7-4-18)29-28(39)31-26(34)22-16-21(33(35)36)8-9-24(22)32-11-13-37-14-12-32/h3-10,15-17H,11-14H2,1-2H3,(H2,29,31,34,39). The smallest absolute Gasteiger partial charge is 0.270 e. The summed E-state index contributed by atoms with van der Waals surface area (Å²) in [5, 5.41) is 17.0. The highest BCUT2D eigenvalue weighted by Gasteiger charge is 2.23. The van der Waals surface area contributed by atoms with Gasteiger partial charge in [0.05, 0.1) is 29.4 Å². The predicted molar refractivity (Wildman–Crippen MR) is 153 cm³/mol. The highest BCUT2D eigenvalue weighted by Crippen LogP contribution is 2.28. The summed E-state index contributed by atoms with van der Waals surface area (Å²) < 4.78 is 11.3. The number of carbonyl (C=O) groups is 1. The number of hydrogen-bond acceptors (Lipinski definition) is 8. The zero-order chi connectivity index (χ0) is 27.5. The van der Waals surface area contributed by atoms with Crippen molar-refractivity contribution in [2.75, 3.05) is 36.5 Å². The predicted octanol–water partition coefficient (Wildman–Crippen LogP) is 5.49. The van der Waals surface area contributed by atoms with E-state index < -0.39 is 10.8 Å². The van der Waals surface area contributed by atoms with Crippen molar-refractivity contribution in [1.82, 2.24) is 10.3 Å². The van der Waals surface area contributed by atoms with E-state index in [2.05, 4.69) is 29.5 Å². The number of fused-ring (bicyclic) bond motifs is 1. The van der Waals surface area contributed by atoms with Gasteiger partial charge in [-0.2, -0.15) is 0 Å². The Morgan fingerprint density at radius 2 is 1.82 bits per heavy atom. The van der Waals surface area contributed by atoms with Gasteiger partial charge in [-0.1, -0.05) is 19.9 Å². The van der Waals surface area contributed by atoms with Crippen LogP contribution in [0, 0.1) is 10.1 Å². The maximum Gasteiger partial charge on any atom is 0.270 e. The maximum atomic E-state index is 13.1. The quantitative estimate of drug-likeness (QED) is 0.184. The number of morpholine rings is 1. The number of non-ortho nitro benzene ring substituents is 1. The highest BCUT2D eigenvalue weighted by atomic mass is 32.1. The maximum absolute atomic E-state index is 13.1. The van der Waals surface area contributed by atoms with Gasteiger partial charge in [-0.25, -0.2) is 4.98 Å². The molecule has 2 heterocycles. The first kappa shape index (κ1) is 26.3. The number of nitrogens with one attached hydrogen (secondary N) is 2. The number of aromatic nitrogens is 1. The molecule has 1 aromatic heterocycles. The van der Waals surface area contributed by atoms with Crippen LogP contribution in [0.25, 0.3) is 22.6 Å². The van der Waals surface area contributed by atoms with Gasteiger partial charge in [0.15, 0.2) is 10.7 Å². The first-order valence-electron chi connectivity index (χ1n) is 12.5. The molecule has 0 atom stereocenters. The Morgan fingerprint density at radius 3 is 2.51 bits per heavy atom. The van der Waals surface area contributed by atoms with Crippen LogP contribution in [-0.4, -0.2) is 47.2 Å². The Morgan fingerprint density at radius 1 is 1.08 bits per heavy atom. The summed E-state index contributed by atoms with van der Waals surface area (Å²) in [7, 11) is 0. The number of anilines is 2. The summed E-state index contributed by atoms with van der Waals surface area (Å²) in [6.07, 6.45) is 0. The van der Waals surface area contributed by atoms with E-state index in [9.17, 15) is 14.9 Å². The van der Waals surface area contributed by atoms with E-state index in [-0.39, 0.29) is 16.4 Å². The lowest BCUT2D eigenvalue weighted by Crippen LogP contribution is -2.39. The molecule has 1 aliphatic heterocycles. The van der Waals surface area contributed by atoms with Crippen molar-refractivity contribution >= 4 is 51.4 Å². The Kier molecular flexibility index (Phi) is 7.53. The topological polar surface area (TPSA) is 123 Å². The summed E-state index contributed by atoms with van der Waals surface area (Å²) in [5.41, 5.74) is 4.75. The van der Waals surface area contributed by atoms with Crippen LogP contribution >= 0.6 is 12.2 Å². The molecule has 1 fully saturated rings. The second-order valence-electron chi connectivity index (χ2n) is 9.44. The van der Waals surface area contributed by atoms with Gasteiger partial charge in [-0.15, -0.1) is 0 Å². The van der Waals surface area contributed by atoms with Gasteiger partial charge in [0.2, 0.25) is 5.89 Å². The largest absolute Gasteiger partial charge is 0.436 e. The van der Waals surface area contributed by atoms with E-state index in [0.29, 0.717) is 49.5 Å². The minimum atomic E-state index is -0.540. The van der Waals surface area contributed by atoms with E-state index in [1.165, 1.54) is 17.7 Å². The van der Waals surface area contributed by atoms with Crippen molar-refractivity contribution in [2.45, 2.75) is 19.8 Å². The molecule has 0 spiro atoms. The number of benzene rings is 3. The van der Waals surface area contributed by atoms with Crippen LogP contribution < -0.4 is 15.5 Å². The fourth-order valence-electron chi connectivity index (χ4n) is 4.36. The molecule has 5 rings (SSSR count). The summed E-state index contributed by atoms with van der Waals surface area (Å²) in [5.74, 6) is 0.364. The molecule has 3 aromatic carbocycles. The van der Waals surface area contributed by atoms with Gasteiger partial charge < -0.3 is 19.4 Å². The van der Waals surface area contributed by atoms with Gasteiger partial charge in [-0.05, 0) is 66.2 Å². The number of ether oxygens (including phenoxy) is 1. The molecule has 0 saturated carbocycles. The number of nitro groups is 1. The van der Waals surface area contributed by atoms with Crippen LogP contribution in [0.4, 0.5) is 17.1 Å². The molecule has 39 heavy (non-hydrogen) atoms. The normalized spacial score (nSPS) is 13.5. The Balaban J connectivity index is 1.28. The van der Waals surface area contributed by atoms with Crippen LogP contribution in [0.3, 0.4) is 0 Å². The summed E-state index contributed by atoms with van der Waals surface area (Å²) in [6.45, 7) is 6.44. The fraction of sp³-hybridized carbons (Fsp3) is 0.250. The van der Waals surface area contributed by atoms with E-state index in [4.69, 9.17) is 21.4 Å². The average Bonchev–Trinajstić information content (AvgIpc) is 3.37. The van der Waals surface area contributed by atoms with Crippen LogP contribution in [0.2, 0.25) is 0 Å². The highest BCUT2D eigenvalue weighted by molar-refractivity contribution is 7.80. The fourth-order valence-corrected chi connectivity index (χ4v) is 4.57. The molecule has 10 nitrogen and oxygen atoms in total. The molecule has 0 bridgehead atoms. The second-order valence-corrected chi connectivity index (χ2v) is 9.85. The van der Waals surface area contributed by atoms with Crippen LogP contribution in [0.5, 0.6) is 0 Å². The first-order valence-corrected chi connectivity index (χ1v) is 12.9. The summed E-state index contributed by atoms with van der Waals surface area (Å²) in [6, 6.07) is 17.5. The van der Waals surface area contributed by atoms with E-state index in [1.807, 2.05) is 35.2 Å². The van der Waals surface area contributed by atoms with Crippen molar-refractivity contribution in [1.29, 1.82) is 0 Å². The molecule has 1 saturated heterocycles. The molecule has 1 amide bonds. The van der Waals surface area contributed by atoms with Crippen molar-refractivity contribution in [2.24, 2.45) is 0 Å². The first-order chi connectivity index (χ1) is 18.8. The summed E-state index contributed by atoms with van der Waals surface area (Å²) >= 11 is 5.36. The molecule has 2 N–H and O–H groups in total. The number of nitrogens with zero attached hydrogens (tertiary/aromatic N) is 3. The number of nitro benzene ring substituents is 1. The number of rotatable bonds is 6. The van der Waals surface area contributed by atoms with E-state index in [1.54, 1.807) is 18.2 Å². The number of carbonyl (C=O) groups excluding carboxylic acids is 1. The van der Waals surface area contributed by atoms with Crippen molar-refractivity contribution < 1.29 is 18.9 Å². The zero-order valence-electron chi connectivity index (χ0n) is 21.5.